The van der Waals surface area contributed by atoms with Crippen LogP contribution < -0.4 is 4.90 Å². The first-order valence-electron chi connectivity index (χ1n) is 9.32. The Hall–Kier alpha value is -2.73. The van der Waals surface area contributed by atoms with Gasteiger partial charge in [0.2, 0.25) is 5.95 Å². The zero-order chi connectivity index (χ0) is 19.0. The summed E-state index contributed by atoms with van der Waals surface area (Å²) >= 11 is 0. The summed E-state index contributed by atoms with van der Waals surface area (Å²) < 4.78 is 8.07. The number of fused-ring (bicyclic) bond motifs is 1. The van der Waals surface area contributed by atoms with Crippen molar-refractivity contribution in [1.29, 1.82) is 0 Å². The standard InChI is InChI=1S/C21H25N5O/c1-5-12-26-19(17-10-6-8-16-9-7-11-22-18(16)17)23-24-20(26)25-13-14-27-21(3,4)15(25)2/h5-11,15H,1,12-14H2,2-4H3. The lowest BCUT2D eigenvalue weighted by Crippen LogP contribution is -2.56. The Kier molecular flexibility index (Phi) is 4.44. The molecule has 27 heavy (non-hydrogen) atoms. The normalized spacial score (nSPS) is 19.4. The summed E-state index contributed by atoms with van der Waals surface area (Å²) in [5.74, 6) is 1.66. The Morgan fingerprint density at radius 3 is 2.89 bits per heavy atom. The van der Waals surface area contributed by atoms with Crippen molar-refractivity contribution >= 4 is 16.9 Å². The first kappa shape index (κ1) is 17.7. The fraction of sp³-hybridized carbons (Fsp3) is 0.381. The van der Waals surface area contributed by atoms with Gasteiger partial charge in [0.05, 0.1) is 23.8 Å². The third-order valence-corrected chi connectivity index (χ3v) is 5.45. The second-order valence-electron chi connectivity index (χ2n) is 7.42. The topological polar surface area (TPSA) is 56.1 Å². The van der Waals surface area contributed by atoms with Crippen LogP contribution in [0.5, 0.6) is 0 Å². The second-order valence-corrected chi connectivity index (χ2v) is 7.42. The average Bonchev–Trinajstić information content (AvgIpc) is 3.07. The van der Waals surface area contributed by atoms with Crippen LogP contribution in [0.25, 0.3) is 22.3 Å². The Bertz CT molecular complexity index is 972. The predicted molar refractivity (Wildman–Crippen MR) is 108 cm³/mol. The molecule has 4 rings (SSSR count). The third kappa shape index (κ3) is 3.00. The number of morpholine rings is 1. The van der Waals surface area contributed by atoms with Crippen LogP contribution in [-0.2, 0) is 11.3 Å². The van der Waals surface area contributed by atoms with E-state index < -0.39 is 0 Å². The van der Waals surface area contributed by atoms with E-state index in [-0.39, 0.29) is 11.6 Å². The number of allylic oxidation sites excluding steroid dienone is 1. The number of benzene rings is 1. The van der Waals surface area contributed by atoms with Crippen LogP contribution >= 0.6 is 0 Å². The van der Waals surface area contributed by atoms with E-state index in [0.29, 0.717) is 13.2 Å². The lowest BCUT2D eigenvalue weighted by Gasteiger charge is -2.44. The van der Waals surface area contributed by atoms with Gasteiger partial charge in [0.25, 0.3) is 0 Å². The van der Waals surface area contributed by atoms with Crippen molar-refractivity contribution in [3.63, 3.8) is 0 Å². The monoisotopic (exact) mass is 363 g/mol. The number of ether oxygens (including phenoxy) is 1. The number of rotatable bonds is 4. The Morgan fingerprint density at radius 1 is 1.26 bits per heavy atom. The molecule has 0 radical (unpaired) electrons. The summed E-state index contributed by atoms with van der Waals surface area (Å²) in [7, 11) is 0. The van der Waals surface area contributed by atoms with Crippen LogP contribution in [-0.4, -0.2) is 44.5 Å². The number of pyridine rings is 1. The molecular formula is C21H25N5O. The maximum absolute atomic E-state index is 5.95. The van der Waals surface area contributed by atoms with Gasteiger partial charge in [-0.2, -0.15) is 0 Å². The van der Waals surface area contributed by atoms with Crippen molar-refractivity contribution in [2.45, 2.75) is 39.0 Å². The molecular weight excluding hydrogens is 338 g/mol. The Balaban J connectivity index is 1.85. The minimum absolute atomic E-state index is 0.178. The van der Waals surface area contributed by atoms with Crippen molar-refractivity contribution in [3.8, 4) is 11.4 Å². The molecule has 1 aromatic carbocycles. The maximum Gasteiger partial charge on any atom is 0.228 e. The molecule has 3 heterocycles. The number of anilines is 1. The Morgan fingerprint density at radius 2 is 2.07 bits per heavy atom. The lowest BCUT2D eigenvalue weighted by atomic mass is 9.97. The van der Waals surface area contributed by atoms with Gasteiger partial charge < -0.3 is 9.64 Å². The van der Waals surface area contributed by atoms with E-state index in [1.165, 1.54) is 0 Å². The lowest BCUT2D eigenvalue weighted by molar-refractivity contribution is -0.0536. The molecule has 1 unspecified atom stereocenters. The third-order valence-electron chi connectivity index (χ3n) is 5.45. The fourth-order valence-corrected chi connectivity index (χ4v) is 3.66. The van der Waals surface area contributed by atoms with Crippen LogP contribution in [0.2, 0.25) is 0 Å². The minimum atomic E-state index is -0.246. The van der Waals surface area contributed by atoms with Crippen molar-refractivity contribution in [1.82, 2.24) is 19.7 Å². The molecule has 140 valence electrons. The van der Waals surface area contributed by atoms with Crippen LogP contribution in [0.3, 0.4) is 0 Å². The van der Waals surface area contributed by atoms with Crippen molar-refractivity contribution in [2.24, 2.45) is 0 Å². The Labute approximate surface area is 159 Å². The number of hydrogen-bond donors (Lipinski definition) is 0. The van der Waals surface area contributed by atoms with E-state index in [1.54, 1.807) is 0 Å². The fourth-order valence-electron chi connectivity index (χ4n) is 3.66. The molecule has 1 aliphatic rings. The molecule has 0 bridgehead atoms. The number of hydrogen-bond acceptors (Lipinski definition) is 5. The first-order chi connectivity index (χ1) is 13.0. The molecule has 2 aromatic heterocycles. The van der Waals surface area contributed by atoms with Gasteiger partial charge in [-0.05, 0) is 32.9 Å². The molecule has 1 saturated heterocycles. The van der Waals surface area contributed by atoms with E-state index in [0.717, 1.165) is 34.8 Å². The zero-order valence-electron chi connectivity index (χ0n) is 16.1. The highest BCUT2D eigenvalue weighted by Crippen LogP contribution is 2.32. The van der Waals surface area contributed by atoms with Gasteiger partial charge in [-0.25, -0.2) is 0 Å². The van der Waals surface area contributed by atoms with Gasteiger partial charge in [-0.15, -0.1) is 16.8 Å². The van der Waals surface area contributed by atoms with Crippen LogP contribution in [0.1, 0.15) is 20.8 Å². The van der Waals surface area contributed by atoms with Crippen LogP contribution in [0.4, 0.5) is 5.95 Å². The molecule has 6 heteroatoms. The van der Waals surface area contributed by atoms with E-state index >= 15 is 0 Å². The largest absolute Gasteiger partial charge is 0.372 e. The molecule has 0 amide bonds. The van der Waals surface area contributed by atoms with Crippen LogP contribution in [0, 0.1) is 0 Å². The molecule has 3 aromatic rings. The smallest absolute Gasteiger partial charge is 0.228 e. The van der Waals surface area contributed by atoms with Crippen molar-refractivity contribution < 1.29 is 4.74 Å². The highest BCUT2D eigenvalue weighted by Gasteiger charge is 2.37. The van der Waals surface area contributed by atoms with Crippen molar-refractivity contribution in [2.75, 3.05) is 18.1 Å². The molecule has 1 aliphatic heterocycles. The highest BCUT2D eigenvalue weighted by atomic mass is 16.5. The van der Waals surface area contributed by atoms with Crippen molar-refractivity contribution in [3.05, 3.63) is 49.2 Å². The number of nitrogens with zero attached hydrogens (tertiary/aromatic N) is 5. The van der Waals surface area contributed by atoms with Gasteiger partial charge in [0.1, 0.15) is 0 Å². The highest BCUT2D eigenvalue weighted by molar-refractivity contribution is 5.91. The molecule has 0 spiro atoms. The quantitative estimate of drug-likeness (QED) is 0.662. The average molecular weight is 363 g/mol. The molecule has 6 nitrogen and oxygen atoms in total. The van der Waals surface area contributed by atoms with Crippen LogP contribution in [0.15, 0.2) is 49.2 Å². The van der Waals surface area contributed by atoms with Gasteiger partial charge >= 0.3 is 0 Å². The SMILES string of the molecule is C=CCn1c(-c2cccc3cccnc23)nnc1N1CCOC(C)(C)C1C. The molecule has 0 aliphatic carbocycles. The van der Waals surface area contributed by atoms with E-state index in [1.807, 2.05) is 24.4 Å². The maximum atomic E-state index is 5.95. The molecule has 1 atom stereocenters. The first-order valence-corrected chi connectivity index (χ1v) is 9.32. The summed E-state index contributed by atoms with van der Waals surface area (Å²) in [6.07, 6.45) is 3.69. The molecule has 1 fully saturated rings. The summed E-state index contributed by atoms with van der Waals surface area (Å²) in [6.45, 7) is 12.4. The molecule has 0 N–H and O–H groups in total. The summed E-state index contributed by atoms with van der Waals surface area (Å²) in [5.41, 5.74) is 1.66. The summed E-state index contributed by atoms with van der Waals surface area (Å²) in [5, 5.41) is 10.2. The summed E-state index contributed by atoms with van der Waals surface area (Å²) in [6, 6.07) is 10.3. The number of para-hydroxylation sites is 1. The predicted octanol–water partition coefficient (Wildman–Crippen LogP) is 3.68. The van der Waals surface area contributed by atoms with E-state index in [4.69, 9.17) is 4.74 Å². The van der Waals surface area contributed by atoms with E-state index in [2.05, 4.69) is 70.2 Å². The van der Waals surface area contributed by atoms with Gasteiger partial charge in [-0.3, -0.25) is 9.55 Å². The zero-order valence-corrected chi connectivity index (χ0v) is 16.1. The second kappa shape index (κ2) is 6.78. The van der Waals surface area contributed by atoms with E-state index in [9.17, 15) is 0 Å². The van der Waals surface area contributed by atoms with Gasteiger partial charge in [0, 0.05) is 30.2 Å². The van der Waals surface area contributed by atoms with Gasteiger partial charge in [-0.1, -0.05) is 24.3 Å². The minimum Gasteiger partial charge on any atom is -0.372 e. The van der Waals surface area contributed by atoms with Gasteiger partial charge in [0.15, 0.2) is 5.82 Å². The molecule has 0 saturated carbocycles. The number of aromatic nitrogens is 4. The summed E-state index contributed by atoms with van der Waals surface area (Å²) in [4.78, 5) is 6.86.